The molecule has 0 radical (unpaired) electrons. The Morgan fingerprint density at radius 2 is 1.61 bits per heavy atom. The minimum Gasteiger partial charge on any atom is -0.341 e. The van der Waals surface area contributed by atoms with E-state index in [1.165, 1.54) is 12.8 Å². The van der Waals surface area contributed by atoms with E-state index in [0.29, 0.717) is 5.91 Å². The second-order valence-corrected chi connectivity index (χ2v) is 7.34. The summed E-state index contributed by atoms with van der Waals surface area (Å²) in [6.45, 7) is 8.79. The molecule has 2 fully saturated rings. The van der Waals surface area contributed by atoms with Crippen molar-refractivity contribution in [2.75, 3.05) is 7.05 Å². The molecule has 0 aromatic heterocycles. The Hall–Kier alpha value is -0.570. The van der Waals surface area contributed by atoms with Gasteiger partial charge in [0.05, 0.1) is 0 Å². The molecule has 2 unspecified atom stereocenters. The first-order chi connectivity index (χ1) is 8.21. The maximum Gasteiger partial charge on any atom is 0.226 e. The van der Waals surface area contributed by atoms with Crippen molar-refractivity contribution in [1.82, 2.24) is 4.90 Å². The predicted molar refractivity (Wildman–Crippen MR) is 74.1 cm³/mol. The van der Waals surface area contributed by atoms with E-state index in [1.807, 2.05) is 11.9 Å². The predicted octanol–water partition coefficient (Wildman–Crippen LogP) is 2.40. The maximum absolute atomic E-state index is 12.7. The Labute approximate surface area is 111 Å². The van der Waals surface area contributed by atoms with Crippen LogP contribution in [0.5, 0.6) is 0 Å². The zero-order chi connectivity index (χ0) is 13.7. The highest BCUT2D eigenvalue weighted by Crippen LogP contribution is 2.68. The van der Waals surface area contributed by atoms with Crippen molar-refractivity contribution in [1.29, 1.82) is 0 Å². The number of amides is 1. The van der Waals surface area contributed by atoms with Crippen LogP contribution in [0.4, 0.5) is 0 Å². The lowest BCUT2D eigenvalue weighted by Gasteiger charge is -2.36. The van der Waals surface area contributed by atoms with Gasteiger partial charge in [0.1, 0.15) is 0 Å². The van der Waals surface area contributed by atoms with Crippen molar-refractivity contribution in [3.63, 3.8) is 0 Å². The van der Waals surface area contributed by atoms with E-state index in [0.717, 1.165) is 12.8 Å². The van der Waals surface area contributed by atoms with E-state index in [4.69, 9.17) is 5.73 Å². The molecule has 3 heteroatoms. The first-order valence-electron chi connectivity index (χ1n) is 7.23. The molecule has 0 spiro atoms. The molecule has 2 atom stereocenters. The summed E-state index contributed by atoms with van der Waals surface area (Å²) in [7, 11) is 1.95. The highest BCUT2D eigenvalue weighted by atomic mass is 16.2. The van der Waals surface area contributed by atoms with Gasteiger partial charge < -0.3 is 10.6 Å². The van der Waals surface area contributed by atoms with Crippen molar-refractivity contribution in [3.8, 4) is 0 Å². The molecule has 0 aliphatic heterocycles. The second kappa shape index (κ2) is 4.22. The normalized spacial score (nSPS) is 34.1. The van der Waals surface area contributed by atoms with Gasteiger partial charge in [0, 0.05) is 25.0 Å². The standard InChI is InChI=1S/C15H28N2O/c1-14(2)12(15(14,3)4)13(18)17(5)11-9-7-6-8-10(11)16/h10-12H,6-9,16H2,1-5H3. The lowest BCUT2D eigenvalue weighted by molar-refractivity contribution is -0.135. The molecule has 104 valence electrons. The molecule has 3 nitrogen and oxygen atoms in total. The number of carbonyl (C=O) groups excluding carboxylic acids is 1. The number of hydrogen-bond acceptors (Lipinski definition) is 2. The lowest BCUT2D eigenvalue weighted by atomic mass is 9.89. The van der Waals surface area contributed by atoms with Crippen LogP contribution in [0.25, 0.3) is 0 Å². The summed E-state index contributed by atoms with van der Waals surface area (Å²) in [4.78, 5) is 14.6. The van der Waals surface area contributed by atoms with E-state index in [9.17, 15) is 4.79 Å². The van der Waals surface area contributed by atoms with Gasteiger partial charge in [-0.2, -0.15) is 0 Å². The fourth-order valence-corrected chi connectivity index (χ4v) is 3.80. The topological polar surface area (TPSA) is 46.3 Å². The van der Waals surface area contributed by atoms with Crippen molar-refractivity contribution >= 4 is 5.91 Å². The number of likely N-dealkylation sites (N-methyl/N-ethyl adjacent to an activating group) is 1. The third kappa shape index (κ3) is 1.87. The van der Waals surface area contributed by atoms with Crippen LogP contribution >= 0.6 is 0 Å². The second-order valence-electron chi connectivity index (χ2n) is 7.34. The maximum atomic E-state index is 12.7. The lowest BCUT2D eigenvalue weighted by Crippen LogP contribution is -2.51. The van der Waals surface area contributed by atoms with E-state index in [2.05, 4.69) is 27.7 Å². The van der Waals surface area contributed by atoms with Gasteiger partial charge in [-0.05, 0) is 23.7 Å². The molecule has 0 heterocycles. The Kier molecular flexibility index (Phi) is 3.25. The number of nitrogens with zero attached hydrogens (tertiary/aromatic N) is 1. The highest BCUT2D eigenvalue weighted by molar-refractivity contribution is 5.84. The highest BCUT2D eigenvalue weighted by Gasteiger charge is 2.68. The zero-order valence-electron chi connectivity index (χ0n) is 12.5. The van der Waals surface area contributed by atoms with E-state index in [1.54, 1.807) is 0 Å². The van der Waals surface area contributed by atoms with Crippen LogP contribution in [0.2, 0.25) is 0 Å². The molecule has 18 heavy (non-hydrogen) atoms. The van der Waals surface area contributed by atoms with Gasteiger partial charge in [0.25, 0.3) is 0 Å². The van der Waals surface area contributed by atoms with Crippen LogP contribution in [0.3, 0.4) is 0 Å². The number of hydrogen-bond donors (Lipinski definition) is 1. The summed E-state index contributed by atoms with van der Waals surface area (Å²) < 4.78 is 0. The average molecular weight is 252 g/mol. The van der Waals surface area contributed by atoms with Crippen molar-refractivity contribution in [2.24, 2.45) is 22.5 Å². The molecule has 2 aliphatic carbocycles. The van der Waals surface area contributed by atoms with Crippen molar-refractivity contribution in [2.45, 2.75) is 65.5 Å². The van der Waals surface area contributed by atoms with E-state index in [-0.39, 0.29) is 28.8 Å². The molecular weight excluding hydrogens is 224 g/mol. The fraction of sp³-hybridized carbons (Fsp3) is 0.933. The first kappa shape index (κ1) is 13.9. The molecule has 2 aliphatic rings. The van der Waals surface area contributed by atoms with Gasteiger partial charge in [-0.3, -0.25) is 4.79 Å². The summed E-state index contributed by atoms with van der Waals surface area (Å²) in [5.41, 5.74) is 6.42. The summed E-state index contributed by atoms with van der Waals surface area (Å²) >= 11 is 0. The smallest absolute Gasteiger partial charge is 0.226 e. The third-order valence-corrected chi connectivity index (χ3v) is 5.89. The van der Waals surface area contributed by atoms with Gasteiger partial charge in [0.2, 0.25) is 5.91 Å². The molecule has 0 bridgehead atoms. The van der Waals surface area contributed by atoms with Crippen LogP contribution < -0.4 is 5.73 Å². The fourth-order valence-electron chi connectivity index (χ4n) is 3.80. The quantitative estimate of drug-likeness (QED) is 0.820. The van der Waals surface area contributed by atoms with Crippen LogP contribution in [0.1, 0.15) is 53.4 Å². The summed E-state index contributed by atoms with van der Waals surface area (Å²) in [5, 5.41) is 0. The number of rotatable bonds is 2. The Morgan fingerprint density at radius 3 is 2.06 bits per heavy atom. The van der Waals surface area contributed by atoms with Crippen molar-refractivity contribution in [3.05, 3.63) is 0 Å². The minimum atomic E-state index is 0.122. The summed E-state index contributed by atoms with van der Waals surface area (Å²) in [6, 6.07) is 0.413. The first-order valence-corrected chi connectivity index (χ1v) is 7.23. The van der Waals surface area contributed by atoms with Gasteiger partial charge in [-0.15, -0.1) is 0 Å². The van der Waals surface area contributed by atoms with Crippen LogP contribution in [0, 0.1) is 16.7 Å². The van der Waals surface area contributed by atoms with Crippen molar-refractivity contribution < 1.29 is 4.79 Å². The van der Waals surface area contributed by atoms with Crippen LogP contribution in [-0.4, -0.2) is 29.9 Å². The zero-order valence-corrected chi connectivity index (χ0v) is 12.5. The van der Waals surface area contributed by atoms with Crippen LogP contribution in [-0.2, 0) is 4.79 Å². The molecule has 2 N–H and O–H groups in total. The van der Waals surface area contributed by atoms with Crippen LogP contribution in [0.15, 0.2) is 0 Å². The Morgan fingerprint density at radius 1 is 1.11 bits per heavy atom. The monoisotopic (exact) mass is 252 g/mol. The summed E-state index contributed by atoms with van der Waals surface area (Å²) in [5.74, 6) is 0.455. The molecule has 0 saturated heterocycles. The SMILES string of the molecule is CN(C(=O)C1C(C)(C)C1(C)C)C1CCCCC1N. The van der Waals surface area contributed by atoms with E-state index >= 15 is 0 Å². The number of nitrogens with two attached hydrogens (primary N) is 1. The average Bonchev–Trinajstić information content (AvgIpc) is 2.68. The largest absolute Gasteiger partial charge is 0.341 e. The van der Waals surface area contributed by atoms with Gasteiger partial charge in [-0.1, -0.05) is 40.5 Å². The number of carbonyl (C=O) groups is 1. The molecule has 0 aromatic carbocycles. The third-order valence-electron chi connectivity index (χ3n) is 5.89. The van der Waals surface area contributed by atoms with E-state index < -0.39 is 0 Å². The van der Waals surface area contributed by atoms with Gasteiger partial charge >= 0.3 is 0 Å². The molecule has 0 aromatic rings. The Balaban J connectivity index is 2.06. The molecule has 1 amide bonds. The summed E-state index contributed by atoms with van der Waals surface area (Å²) in [6.07, 6.45) is 4.53. The van der Waals surface area contributed by atoms with Gasteiger partial charge in [-0.25, -0.2) is 0 Å². The van der Waals surface area contributed by atoms with Gasteiger partial charge in [0.15, 0.2) is 0 Å². The minimum absolute atomic E-state index is 0.122. The molecular formula is C15H28N2O. The molecule has 2 saturated carbocycles. The molecule has 2 rings (SSSR count). The Bertz CT molecular complexity index is 334.